The maximum atomic E-state index is 12.4. The molecule has 9 nitrogen and oxygen atoms in total. The molecule has 3 heterocycles. The van der Waals surface area contributed by atoms with Gasteiger partial charge in [-0.05, 0) is 25.0 Å². The molecule has 1 saturated heterocycles. The molecule has 0 aliphatic carbocycles. The number of phenols is 1. The molecular weight excluding hydrogens is 477 g/mol. The summed E-state index contributed by atoms with van der Waals surface area (Å²) < 4.78 is 0. The number of aromatic amines is 1. The normalized spacial score (nSPS) is 15.6. The molecule has 0 saturated carbocycles. The predicted octanol–water partition coefficient (Wildman–Crippen LogP) is 3.59. The van der Waals surface area contributed by atoms with E-state index in [4.69, 9.17) is 34.7 Å². The van der Waals surface area contributed by atoms with Gasteiger partial charge >= 0.3 is 0 Å². The number of hydrogen-bond acceptors (Lipinski definition) is 7. The molecule has 0 spiro atoms. The van der Waals surface area contributed by atoms with E-state index >= 15 is 0 Å². The number of para-hydroxylation sites is 1. The molecule has 0 radical (unpaired) electrons. The predicted molar refractivity (Wildman–Crippen MR) is 131 cm³/mol. The number of phenolic OH excluding ortho intramolecular Hbond substituents is 1. The smallest absolute Gasteiger partial charge is 0.268 e. The number of benzene rings is 2. The minimum atomic E-state index is -0.714. The SMILES string of the molecule is NC(=O)c1nc(N2CCC(N)(c3ccccc3O)CC2)nc2[nH]nc(-c3cccc(Cl)c3Cl)c12. The quantitative estimate of drug-likeness (QED) is 0.336. The minimum absolute atomic E-state index is 0.0325. The molecule has 1 amide bonds. The molecule has 1 aliphatic heterocycles. The van der Waals surface area contributed by atoms with Crippen molar-refractivity contribution < 1.29 is 9.90 Å². The summed E-state index contributed by atoms with van der Waals surface area (Å²) >= 11 is 12.5. The molecule has 0 bridgehead atoms. The zero-order valence-electron chi connectivity index (χ0n) is 17.9. The Labute approximate surface area is 204 Å². The van der Waals surface area contributed by atoms with Gasteiger partial charge in [0, 0.05) is 29.8 Å². The standard InChI is InChI=1S/C23H21Cl2N7O2/c24-14-6-3-4-12(17(14)25)18-16-19(20(26)34)28-22(29-21(16)31-30-18)32-10-8-23(27,9-11-32)13-5-1-2-7-15(13)33/h1-7,33H,8-11,27H2,(H2,26,34)(H,28,29,30,31). The highest BCUT2D eigenvalue weighted by Crippen LogP contribution is 2.38. The number of hydrogen-bond donors (Lipinski definition) is 4. The highest BCUT2D eigenvalue weighted by Gasteiger charge is 2.35. The van der Waals surface area contributed by atoms with Crippen molar-refractivity contribution in [3.63, 3.8) is 0 Å². The van der Waals surface area contributed by atoms with Gasteiger partial charge in [-0.2, -0.15) is 10.1 Å². The van der Waals surface area contributed by atoms with Gasteiger partial charge < -0.3 is 21.5 Å². The lowest BCUT2D eigenvalue weighted by Gasteiger charge is -2.39. The molecule has 6 N–H and O–H groups in total. The first-order valence-corrected chi connectivity index (χ1v) is 11.4. The van der Waals surface area contributed by atoms with E-state index in [1.807, 2.05) is 17.0 Å². The Morgan fingerprint density at radius 1 is 1.09 bits per heavy atom. The summed E-state index contributed by atoms with van der Waals surface area (Å²) in [5, 5.41) is 18.5. The molecule has 11 heteroatoms. The summed E-state index contributed by atoms with van der Waals surface area (Å²) in [7, 11) is 0. The number of aromatic nitrogens is 4. The fourth-order valence-corrected chi connectivity index (χ4v) is 4.78. The summed E-state index contributed by atoms with van der Waals surface area (Å²) in [6, 6.07) is 12.2. The van der Waals surface area contributed by atoms with Crippen LogP contribution in [0.4, 0.5) is 5.95 Å². The van der Waals surface area contributed by atoms with E-state index in [0.29, 0.717) is 69.8 Å². The summed E-state index contributed by atoms with van der Waals surface area (Å²) in [6.07, 6.45) is 1.12. The second kappa shape index (κ2) is 8.43. The van der Waals surface area contributed by atoms with Crippen LogP contribution < -0.4 is 16.4 Å². The number of anilines is 1. The average molecular weight is 498 g/mol. The third-order valence-electron chi connectivity index (χ3n) is 6.23. The van der Waals surface area contributed by atoms with Crippen LogP contribution in [0.1, 0.15) is 28.9 Å². The van der Waals surface area contributed by atoms with Crippen LogP contribution in [0.3, 0.4) is 0 Å². The largest absolute Gasteiger partial charge is 0.508 e. The van der Waals surface area contributed by atoms with Crippen LogP contribution in [-0.4, -0.2) is 44.3 Å². The number of primary amides is 1. The Morgan fingerprint density at radius 3 is 2.53 bits per heavy atom. The van der Waals surface area contributed by atoms with Crippen molar-refractivity contribution in [3.8, 4) is 17.0 Å². The highest BCUT2D eigenvalue weighted by atomic mass is 35.5. The van der Waals surface area contributed by atoms with Crippen molar-refractivity contribution in [1.82, 2.24) is 20.2 Å². The number of fused-ring (bicyclic) bond motifs is 1. The van der Waals surface area contributed by atoms with Crippen LogP contribution in [0, 0.1) is 0 Å². The zero-order valence-corrected chi connectivity index (χ0v) is 19.4. The number of carbonyl (C=O) groups excluding carboxylic acids is 1. The van der Waals surface area contributed by atoms with Crippen LogP contribution in [0.15, 0.2) is 42.5 Å². The van der Waals surface area contributed by atoms with Gasteiger partial charge in [0.25, 0.3) is 5.91 Å². The Balaban J connectivity index is 1.51. The van der Waals surface area contributed by atoms with Crippen molar-refractivity contribution in [2.24, 2.45) is 11.5 Å². The van der Waals surface area contributed by atoms with Crippen molar-refractivity contribution >= 4 is 46.1 Å². The lowest BCUT2D eigenvalue weighted by Crippen LogP contribution is -2.48. The van der Waals surface area contributed by atoms with Gasteiger partial charge in [-0.3, -0.25) is 9.89 Å². The van der Waals surface area contributed by atoms with E-state index in [9.17, 15) is 9.90 Å². The Bertz CT molecular complexity index is 1410. The first-order chi connectivity index (χ1) is 16.3. The van der Waals surface area contributed by atoms with Crippen molar-refractivity contribution in [1.29, 1.82) is 0 Å². The van der Waals surface area contributed by atoms with Gasteiger partial charge in [-0.25, -0.2) is 4.98 Å². The Kier molecular flexibility index (Phi) is 5.55. The Morgan fingerprint density at radius 2 is 1.82 bits per heavy atom. The van der Waals surface area contributed by atoms with E-state index in [1.165, 1.54) is 0 Å². The third-order valence-corrected chi connectivity index (χ3v) is 7.05. The maximum absolute atomic E-state index is 12.4. The zero-order chi connectivity index (χ0) is 24.0. The fourth-order valence-electron chi connectivity index (χ4n) is 4.39. The number of aromatic hydroxyl groups is 1. The van der Waals surface area contributed by atoms with Crippen LogP contribution in [0.2, 0.25) is 10.0 Å². The number of nitrogens with one attached hydrogen (secondary N) is 1. The molecule has 4 aromatic rings. The van der Waals surface area contributed by atoms with E-state index < -0.39 is 11.4 Å². The summed E-state index contributed by atoms with van der Waals surface area (Å²) in [5.74, 6) is -0.196. The molecule has 1 fully saturated rings. The van der Waals surface area contributed by atoms with Gasteiger partial charge in [0.15, 0.2) is 5.65 Å². The van der Waals surface area contributed by atoms with E-state index in [1.54, 1.807) is 30.3 Å². The average Bonchev–Trinajstić information content (AvgIpc) is 3.24. The summed E-state index contributed by atoms with van der Waals surface area (Å²) in [4.78, 5) is 23.4. The van der Waals surface area contributed by atoms with Gasteiger partial charge in [0.1, 0.15) is 17.1 Å². The summed E-state index contributed by atoms with van der Waals surface area (Å²) in [5.41, 5.74) is 13.7. The maximum Gasteiger partial charge on any atom is 0.268 e. The van der Waals surface area contributed by atoms with Gasteiger partial charge in [0.05, 0.1) is 15.4 Å². The highest BCUT2D eigenvalue weighted by molar-refractivity contribution is 6.43. The molecule has 2 aromatic carbocycles. The number of nitrogens with zero attached hydrogens (tertiary/aromatic N) is 4. The van der Waals surface area contributed by atoms with E-state index in [-0.39, 0.29) is 11.4 Å². The minimum Gasteiger partial charge on any atom is -0.508 e. The van der Waals surface area contributed by atoms with Crippen LogP contribution in [-0.2, 0) is 5.54 Å². The number of H-pyrrole nitrogens is 1. The lowest BCUT2D eigenvalue weighted by molar-refractivity contribution is 0.0997. The van der Waals surface area contributed by atoms with Gasteiger partial charge in [0.2, 0.25) is 5.95 Å². The molecular formula is C23H21Cl2N7O2. The lowest BCUT2D eigenvalue weighted by atomic mass is 9.81. The first kappa shape index (κ1) is 22.4. The second-order valence-corrected chi connectivity index (χ2v) is 9.08. The number of piperidine rings is 1. The second-order valence-electron chi connectivity index (χ2n) is 8.29. The first-order valence-electron chi connectivity index (χ1n) is 10.6. The summed E-state index contributed by atoms with van der Waals surface area (Å²) in [6.45, 7) is 1.05. The molecule has 0 unspecified atom stereocenters. The number of halogens is 2. The molecule has 0 atom stereocenters. The molecule has 2 aromatic heterocycles. The number of carbonyl (C=O) groups is 1. The number of amides is 1. The van der Waals surface area contributed by atoms with E-state index in [0.717, 1.165) is 0 Å². The Hall–Kier alpha value is -3.40. The van der Waals surface area contributed by atoms with Crippen molar-refractivity contribution in [3.05, 3.63) is 63.8 Å². The fraction of sp³-hybridized carbons (Fsp3) is 0.217. The van der Waals surface area contributed by atoms with Gasteiger partial charge in [-0.15, -0.1) is 0 Å². The third kappa shape index (κ3) is 3.71. The number of rotatable bonds is 4. The molecule has 1 aliphatic rings. The van der Waals surface area contributed by atoms with E-state index in [2.05, 4.69) is 20.2 Å². The number of nitrogens with two attached hydrogens (primary N) is 2. The topological polar surface area (TPSA) is 147 Å². The van der Waals surface area contributed by atoms with Crippen LogP contribution in [0.25, 0.3) is 22.3 Å². The monoisotopic (exact) mass is 497 g/mol. The van der Waals surface area contributed by atoms with Crippen molar-refractivity contribution in [2.45, 2.75) is 18.4 Å². The molecule has 174 valence electrons. The van der Waals surface area contributed by atoms with Crippen molar-refractivity contribution in [2.75, 3.05) is 18.0 Å². The van der Waals surface area contributed by atoms with Gasteiger partial charge in [-0.1, -0.05) is 53.5 Å². The van der Waals surface area contributed by atoms with Crippen LogP contribution in [0.5, 0.6) is 5.75 Å². The molecule has 34 heavy (non-hydrogen) atoms. The van der Waals surface area contributed by atoms with Crippen LogP contribution >= 0.6 is 23.2 Å². The molecule has 5 rings (SSSR count).